The van der Waals surface area contributed by atoms with Crippen molar-refractivity contribution >= 4 is 29.8 Å². The number of carbonyl (C=O) groups is 5. The van der Waals surface area contributed by atoms with Crippen LogP contribution in [0.2, 0.25) is 0 Å². The van der Waals surface area contributed by atoms with Crippen molar-refractivity contribution < 1.29 is 43.0 Å². The van der Waals surface area contributed by atoms with Gasteiger partial charge in [-0.2, -0.15) is 0 Å². The Morgan fingerprint density at radius 1 is 0.842 bits per heavy atom. The van der Waals surface area contributed by atoms with Crippen molar-refractivity contribution in [1.29, 1.82) is 0 Å². The first-order valence-electron chi connectivity index (χ1n) is 13.3. The summed E-state index contributed by atoms with van der Waals surface area (Å²) in [5.74, 6) is 6.06. The molecule has 210 valence electrons. The van der Waals surface area contributed by atoms with Crippen molar-refractivity contribution in [2.45, 2.75) is 57.8 Å². The summed E-state index contributed by atoms with van der Waals surface area (Å²) in [4.78, 5) is 62.9. The summed E-state index contributed by atoms with van der Waals surface area (Å²) >= 11 is 0. The molecule has 2 atom stereocenters. The summed E-state index contributed by atoms with van der Waals surface area (Å²) in [7, 11) is 0. The fourth-order valence-electron chi connectivity index (χ4n) is 4.60. The summed E-state index contributed by atoms with van der Waals surface area (Å²) in [5.41, 5.74) is 0. The number of nitrogens with one attached hydrogen (secondary N) is 2. The van der Waals surface area contributed by atoms with Gasteiger partial charge in [-0.05, 0) is 37.0 Å². The Labute approximate surface area is 222 Å². The molecule has 1 heterocycles. The lowest BCUT2D eigenvalue weighted by atomic mass is 10.1. The minimum Gasteiger partial charge on any atom is -0.449 e. The minimum absolute atomic E-state index is 0.0362. The van der Waals surface area contributed by atoms with E-state index in [4.69, 9.17) is 19.0 Å². The Hall–Kier alpha value is -3.17. The number of ether oxygens (including phenoxy) is 3. The van der Waals surface area contributed by atoms with Crippen LogP contribution >= 0.6 is 0 Å². The molecule has 1 saturated carbocycles. The van der Waals surface area contributed by atoms with Crippen molar-refractivity contribution in [3.63, 3.8) is 0 Å². The molecule has 0 radical (unpaired) electrons. The summed E-state index contributed by atoms with van der Waals surface area (Å²) < 4.78 is 16.1. The quantitative estimate of drug-likeness (QED) is 0.168. The number of imide groups is 1. The van der Waals surface area contributed by atoms with Gasteiger partial charge in [0.05, 0.1) is 33.0 Å². The molecule has 3 aliphatic rings. The van der Waals surface area contributed by atoms with Crippen molar-refractivity contribution in [2.75, 3.05) is 46.1 Å². The molecule has 12 heteroatoms. The predicted molar refractivity (Wildman–Crippen MR) is 132 cm³/mol. The molecular formula is C26H37N3O9. The van der Waals surface area contributed by atoms with Crippen LogP contribution in [0, 0.1) is 29.6 Å². The standard InChI is InChI=1S/C26H37N3O9/c30-22(8-5-9-25(33)38-29-23(31)10-11-24(29)32)27-12-14-35-16-17-36-15-13-28-26(34)37-18-21-19-6-3-1-2-4-7-20(19)21/h19-21H,3-18H2,(H,27,30)(H,28,34). The van der Waals surface area contributed by atoms with E-state index in [1.165, 1.54) is 0 Å². The number of hydrogen-bond donors (Lipinski definition) is 2. The van der Waals surface area contributed by atoms with Gasteiger partial charge in [0.1, 0.15) is 0 Å². The lowest BCUT2D eigenvalue weighted by Gasteiger charge is -2.12. The molecular weight excluding hydrogens is 498 g/mol. The lowest BCUT2D eigenvalue weighted by Crippen LogP contribution is -2.32. The third-order valence-corrected chi connectivity index (χ3v) is 6.69. The van der Waals surface area contributed by atoms with Crippen LogP contribution in [0.3, 0.4) is 0 Å². The minimum atomic E-state index is -0.728. The topological polar surface area (TPSA) is 150 Å². The largest absolute Gasteiger partial charge is 0.449 e. The number of hydrogen-bond acceptors (Lipinski definition) is 9. The van der Waals surface area contributed by atoms with Gasteiger partial charge < -0.3 is 29.7 Å². The summed E-state index contributed by atoms with van der Waals surface area (Å²) in [5, 5.41) is 5.84. The summed E-state index contributed by atoms with van der Waals surface area (Å²) in [6.45, 7) is 2.44. The number of nitrogens with zero attached hydrogens (tertiary/aromatic N) is 1. The summed E-state index contributed by atoms with van der Waals surface area (Å²) in [6, 6.07) is 0. The van der Waals surface area contributed by atoms with Gasteiger partial charge >= 0.3 is 12.1 Å². The molecule has 4 amide bonds. The molecule has 0 aromatic heterocycles. The van der Waals surface area contributed by atoms with Gasteiger partial charge in [0.2, 0.25) is 5.91 Å². The van der Waals surface area contributed by atoms with E-state index < -0.39 is 23.9 Å². The fourth-order valence-corrected chi connectivity index (χ4v) is 4.60. The highest BCUT2D eigenvalue weighted by atomic mass is 16.7. The van der Waals surface area contributed by atoms with Gasteiger partial charge in [0, 0.05) is 51.6 Å². The van der Waals surface area contributed by atoms with Crippen LogP contribution in [0.5, 0.6) is 0 Å². The van der Waals surface area contributed by atoms with Gasteiger partial charge in [-0.1, -0.05) is 0 Å². The van der Waals surface area contributed by atoms with Crippen LogP contribution in [0.25, 0.3) is 0 Å². The number of rotatable bonds is 16. The molecule has 0 aromatic carbocycles. The monoisotopic (exact) mass is 535 g/mol. The second-order valence-electron chi connectivity index (χ2n) is 9.42. The van der Waals surface area contributed by atoms with E-state index in [1.54, 1.807) is 0 Å². The third-order valence-electron chi connectivity index (χ3n) is 6.69. The fraction of sp³-hybridized carbons (Fsp3) is 0.731. The molecule has 0 bridgehead atoms. The van der Waals surface area contributed by atoms with Crippen LogP contribution in [0.1, 0.15) is 57.8 Å². The van der Waals surface area contributed by atoms with E-state index in [-0.39, 0.29) is 38.0 Å². The highest BCUT2D eigenvalue weighted by molar-refractivity contribution is 6.01. The maximum Gasteiger partial charge on any atom is 0.407 e. The second-order valence-corrected chi connectivity index (χ2v) is 9.42. The Kier molecular flexibility index (Phi) is 12.3. The Morgan fingerprint density at radius 3 is 2.08 bits per heavy atom. The van der Waals surface area contributed by atoms with Crippen molar-refractivity contribution in [3.8, 4) is 11.8 Å². The van der Waals surface area contributed by atoms with Crippen molar-refractivity contribution in [1.82, 2.24) is 15.7 Å². The molecule has 2 aliphatic carbocycles. The first kappa shape index (κ1) is 29.4. The average Bonchev–Trinajstić information content (AvgIpc) is 3.42. The Morgan fingerprint density at radius 2 is 1.45 bits per heavy atom. The third kappa shape index (κ3) is 10.3. The van der Waals surface area contributed by atoms with E-state index in [0.717, 1.165) is 25.7 Å². The molecule has 2 unspecified atom stereocenters. The van der Waals surface area contributed by atoms with Gasteiger partial charge in [-0.3, -0.25) is 14.4 Å². The zero-order valence-corrected chi connectivity index (χ0v) is 21.7. The van der Waals surface area contributed by atoms with Crippen LogP contribution in [0.15, 0.2) is 0 Å². The normalized spacial score (nSPS) is 21.9. The smallest absolute Gasteiger partial charge is 0.407 e. The Balaban J connectivity index is 1.06. The summed E-state index contributed by atoms with van der Waals surface area (Å²) in [6.07, 6.45) is 3.98. The van der Waals surface area contributed by atoms with Gasteiger partial charge in [-0.25, -0.2) is 9.59 Å². The van der Waals surface area contributed by atoms with Crippen LogP contribution in [-0.4, -0.2) is 81.0 Å². The Bertz CT molecular complexity index is 879. The van der Waals surface area contributed by atoms with E-state index in [0.29, 0.717) is 68.9 Å². The number of fused-ring (bicyclic) bond motifs is 1. The highest BCUT2D eigenvalue weighted by Gasteiger charge is 2.49. The van der Waals surface area contributed by atoms with E-state index in [2.05, 4.69) is 22.5 Å². The molecule has 3 rings (SSSR count). The molecule has 2 fully saturated rings. The molecule has 12 nitrogen and oxygen atoms in total. The predicted octanol–water partition coefficient (Wildman–Crippen LogP) is 1.08. The van der Waals surface area contributed by atoms with Gasteiger partial charge in [-0.15, -0.1) is 16.9 Å². The number of carbonyl (C=O) groups excluding carboxylic acids is 5. The van der Waals surface area contributed by atoms with E-state index >= 15 is 0 Å². The second kappa shape index (κ2) is 15.9. The number of hydroxylamine groups is 2. The van der Waals surface area contributed by atoms with E-state index in [9.17, 15) is 24.0 Å². The lowest BCUT2D eigenvalue weighted by molar-refractivity contribution is -0.197. The first-order chi connectivity index (χ1) is 18.5. The first-order valence-corrected chi connectivity index (χ1v) is 13.3. The van der Waals surface area contributed by atoms with Crippen LogP contribution in [0.4, 0.5) is 4.79 Å². The molecule has 0 aromatic rings. The highest BCUT2D eigenvalue weighted by Crippen LogP contribution is 2.52. The number of amides is 4. The number of alkyl carbamates (subject to hydrolysis) is 1. The molecule has 1 aliphatic heterocycles. The van der Waals surface area contributed by atoms with Gasteiger partial charge in [0.15, 0.2) is 0 Å². The molecule has 0 spiro atoms. The average molecular weight is 536 g/mol. The molecule has 38 heavy (non-hydrogen) atoms. The zero-order chi connectivity index (χ0) is 27.2. The SMILES string of the molecule is O=C(CCCC(=O)ON1C(=O)CCC1=O)NCCOCCOCCNC(=O)OCC1C2CCC#CCCC21. The maximum absolute atomic E-state index is 11.8. The van der Waals surface area contributed by atoms with Crippen molar-refractivity contribution in [2.24, 2.45) is 17.8 Å². The zero-order valence-electron chi connectivity index (χ0n) is 21.7. The van der Waals surface area contributed by atoms with Crippen molar-refractivity contribution in [3.05, 3.63) is 0 Å². The van der Waals surface area contributed by atoms with Gasteiger partial charge in [0.25, 0.3) is 11.8 Å². The van der Waals surface area contributed by atoms with Crippen LogP contribution in [-0.2, 0) is 38.2 Å². The van der Waals surface area contributed by atoms with E-state index in [1.807, 2.05) is 0 Å². The molecule has 2 N–H and O–H groups in total. The van der Waals surface area contributed by atoms with Crippen LogP contribution < -0.4 is 10.6 Å². The maximum atomic E-state index is 11.8. The molecule has 1 saturated heterocycles.